The number of hydrogen-bond acceptors (Lipinski definition) is 5. The van der Waals surface area contributed by atoms with Gasteiger partial charge in [0.05, 0.1) is 27.3 Å². The largest absolute Gasteiger partial charge is 0.376 e. The Balaban J connectivity index is 1.57. The van der Waals surface area contributed by atoms with Gasteiger partial charge in [0.1, 0.15) is 5.01 Å². The van der Waals surface area contributed by atoms with Crippen LogP contribution in [-0.4, -0.2) is 30.7 Å². The molecule has 0 unspecified atom stereocenters. The number of thiazole rings is 1. The lowest BCUT2D eigenvalue weighted by atomic mass is 10.2. The number of thioether (sulfide) groups is 1. The van der Waals surface area contributed by atoms with Gasteiger partial charge in [0.25, 0.3) is 0 Å². The van der Waals surface area contributed by atoms with E-state index in [4.69, 9.17) is 11.6 Å². The molecule has 25 heavy (non-hydrogen) atoms. The number of amides is 1. The molecule has 3 rings (SSSR count). The Hall–Kier alpha value is -1.76. The third-order valence-corrected chi connectivity index (χ3v) is 5.91. The van der Waals surface area contributed by atoms with Crippen molar-refractivity contribution in [1.29, 1.82) is 0 Å². The monoisotopic (exact) mass is 391 g/mol. The number of halogens is 1. The van der Waals surface area contributed by atoms with E-state index in [1.54, 1.807) is 29.2 Å². The Labute approximate surface area is 160 Å². The lowest BCUT2D eigenvalue weighted by molar-refractivity contribution is -0.113. The Morgan fingerprint density at radius 1 is 1.28 bits per heavy atom. The van der Waals surface area contributed by atoms with Gasteiger partial charge in [-0.1, -0.05) is 23.7 Å². The summed E-state index contributed by atoms with van der Waals surface area (Å²) in [6, 6.07) is 13.6. The minimum Gasteiger partial charge on any atom is -0.376 e. The van der Waals surface area contributed by atoms with Gasteiger partial charge >= 0.3 is 0 Å². The molecule has 0 aliphatic rings. The number of carbonyl (C=O) groups is 1. The van der Waals surface area contributed by atoms with Crippen molar-refractivity contribution in [1.82, 2.24) is 4.98 Å². The smallest absolute Gasteiger partial charge is 0.234 e. The maximum Gasteiger partial charge on any atom is 0.234 e. The van der Waals surface area contributed by atoms with Crippen molar-refractivity contribution in [2.24, 2.45) is 0 Å². The normalized spacial score (nSPS) is 10.8. The zero-order chi connectivity index (χ0) is 17.8. The van der Waals surface area contributed by atoms with Crippen molar-refractivity contribution >= 4 is 62.2 Å². The molecule has 0 spiro atoms. The number of para-hydroxylation sites is 1. The molecule has 3 aromatic rings. The highest BCUT2D eigenvalue weighted by molar-refractivity contribution is 7.99. The fourth-order valence-corrected chi connectivity index (χ4v) is 4.42. The van der Waals surface area contributed by atoms with Crippen molar-refractivity contribution in [3.05, 3.63) is 52.5 Å². The summed E-state index contributed by atoms with van der Waals surface area (Å²) in [5.41, 5.74) is 2.67. The van der Waals surface area contributed by atoms with E-state index in [0.717, 1.165) is 27.7 Å². The topological polar surface area (TPSA) is 45.2 Å². The first-order valence-electron chi connectivity index (χ1n) is 7.72. The number of nitrogens with zero attached hydrogens (tertiary/aromatic N) is 2. The summed E-state index contributed by atoms with van der Waals surface area (Å²) in [5.74, 6) is 1.05. The minimum atomic E-state index is -0.0449. The maximum atomic E-state index is 12.3. The van der Waals surface area contributed by atoms with E-state index in [9.17, 15) is 4.79 Å². The standard InChI is InChI=1S/C18H18ClN3OS2/c1-22(2)15-8-7-12(19)9-14(15)20-17(23)10-24-11-18-21-13-5-3-4-6-16(13)25-18/h3-9H,10-11H2,1-2H3,(H,20,23). The second-order valence-corrected chi connectivity index (χ2v) is 8.21. The van der Waals surface area contributed by atoms with E-state index >= 15 is 0 Å². The van der Waals surface area contributed by atoms with Crippen LogP contribution in [0, 0.1) is 0 Å². The maximum absolute atomic E-state index is 12.3. The first kappa shape index (κ1) is 18.0. The van der Waals surface area contributed by atoms with Gasteiger partial charge in [-0.2, -0.15) is 0 Å². The van der Waals surface area contributed by atoms with E-state index < -0.39 is 0 Å². The molecule has 7 heteroatoms. The van der Waals surface area contributed by atoms with Gasteiger partial charge in [0.2, 0.25) is 5.91 Å². The molecule has 4 nitrogen and oxygen atoms in total. The third-order valence-electron chi connectivity index (χ3n) is 3.51. The first-order chi connectivity index (χ1) is 12.0. The molecule has 1 amide bonds. The van der Waals surface area contributed by atoms with E-state index in [1.165, 1.54) is 4.70 Å². The van der Waals surface area contributed by atoms with Crippen molar-refractivity contribution in [2.75, 3.05) is 30.1 Å². The minimum absolute atomic E-state index is 0.0449. The Morgan fingerprint density at radius 2 is 2.08 bits per heavy atom. The molecular formula is C18H18ClN3OS2. The zero-order valence-electron chi connectivity index (χ0n) is 14.0. The van der Waals surface area contributed by atoms with Crippen LogP contribution in [0.4, 0.5) is 11.4 Å². The highest BCUT2D eigenvalue weighted by Crippen LogP contribution is 2.28. The molecule has 0 aliphatic carbocycles. The average molecular weight is 392 g/mol. The van der Waals surface area contributed by atoms with E-state index in [2.05, 4.69) is 16.4 Å². The van der Waals surface area contributed by atoms with Crippen LogP contribution in [0.5, 0.6) is 0 Å². The van der Waals surface area contributed by atoms with Gasteiger partial charge < -0.3 is 10.2 Å². The summed E-state index contributed by atoms with van der Waals surface area (Å²) in [4.78, 5) is 18.8. The second kappa shape index (κ2) is 8.08. The zero-order valence-corrected chi connectivity index (χ0v) is 16.3. The number of carbonyl (C=O) groups excluding carboxylic acids is 1. The molecule has 130 valence electrons. The van der Waals surface area contributed by atoms with E-state index in [-0.39, 0.29) is 5.91 Å². The van der Waals surface area contributed by atoms with Gasteiger partial charge in [-0.05, 0) is 30.3 Å². The quantitative estimate of drug-likeness (QED) is 0.649. The molecule has 0 bridgehead atoms. The van der Waals surface area contributed by atoms with Crippen LogP contribution in [0.15, 0.2) is 42.5 Å². The average Bonchev–Trinajstić information content (AvgIpc) is 2.97. The van der Waals surface area contributed by atoms with Crippen molar-refractivity contribution in [3.63, 3.8) is 0 Å². The molecule has 1 N–H and O–H groups in total. The number of hydrogen-bond donors (Lipinski definition) is 1. The van der Waals surface area contributed by atoms with Crippen LogP contribution >= 0.6 is 34.7 Å². The van der Waals surface area contributed by atoms with Crippen molar-refractivity contribution in [3.8, 4) is 0 Å². The van der Waals surface area contributed by atoms with Gasteiger partial charge in [-0.3, -0.25) is 4.79 Å². The third kappa shape index (κ3) is 4.66. The summed E-state index contributed by atoms with van der Waals surface area (Å²) >= 11 is 9.28. The molecule has 0 aliphatic heterocycles. The number of nitrogens with one attached hydrogen (secondary N) is 1. The van der Waals surface area contributed by atoms with Gasteiger partial charge in [0, 0.05) is 24.9 Å². The lowest BCUT2D eigenvalue weighted by Gasteiger charge is -2.18. The molecule has 0 saturated heterocycles. The van der Waals surface area contributed by atoms with Crippen molar-refractivity contribution < 1.29 is 4.79 Å². The van der Waals surface area contributed by atoms with E-state index in [0.29, 0.717) is 10.8 Å². The molecule has 1 heterocycles. The number of rotatable bonds is 6. The molecule has 1 aromatic heterocycles. The summed E-state index contributed by atoms with van der Waals surface area (Å²) in [7, 11) is 3.86. The predicted octanol–water partition coefficient (Wildman–Crippen LogP) is 4.89. The molecule has 2 aromatic carbocycles. The predicted molar refractivity (Wildman–Crippen MR) is 110 cm³/mol. The SMILES string of the molecule is CN(C)c1ccc(Cl)cc1NC(=O)CSCc1nc2ccccc2s1. The van der Waals surface area contributed by atoms with Crippen LogP contribution in [0.25, 0.3) is 10.2 Å². The Kier molecular flexibility index (Phi) is 5.83. The second-order valence-electron chi connectivity index (χ2n) is 5.67. The fraction of sp³-hybridized carbons (Fsp3) is 0.222. The number of fused-ring (bicyclic) bond motifs is 1. The van der Waals surface area contributed by atoms with Crippen LogP contribution < -0.4 is 10.2 Å². The number of benzene rings is 2. The highest BCUT2D eigenvalue weighted by Gasteiger charge is 2.10. The molecule has 0 saturated carbocycles. The highest BCUT2D eigenvalue weighted by atomic mass is 35.5. The van der Waals surface area contributed by atoms with Gasteiger partial charge in [-0.15, -0.1) is 23.1 Å². The lowest BCUT2D eigenvalue weighted by Crippen LogP contribution is -2.18. The van der Waals surface area contributed by atoms with Crippen LogP contribution in [0.2, 0.25) is 5.02 Å². The fourth-order valence-electron chi connectivity index (χ4n) is 2.40. The first-order valence-corrected chi connectivity index (χ1v) is 10.1. The summed E-state index contributed by atoms with van der Waals surface area (Å²) in [5, 5.41) is 4.58. The van der Waals surface area contributed by atoms with Crippen LogP contribution in [0.3, 0.4) is 0 Å². The summed E-state index contributed by atoms with van der Waals surface area (Å²) in [6.45, 7) is 0. The Bertz CT molecular complexity index is 862. The number of aromatic nitrogens is 1. The van der Waals surface area contributed by atoms with Gasteiger partial charge in [0.15, 0.2) is 0 Å². The van der Waals surface area contributed by atoms with Crippen LogP contribution in [0.1, 0.15) is 5.01 Å². The molecule has 0 atom stereocenters. The van der Waals surface area contributed by atoms with Crippen molar-refractivity contribution in [2.45, 2.75) is 5.75 Å². The number of anilines is 2. The Morgan fingerprint density at radius 3 is 2.84 bits per heavy atom. The van der Waals surface area contributed by atoms with Gasteiger partial charge in [-0.25, -0.2) is 4.98 Å². The summed E-state index contributed by atoms with van der Waals surface area (Å²) < 4.78 is 1.18. The molecular weight excluding hydrogens is 374 g/mol. The van der Waals surface area contributed by atoms with Crippen LogP contribution in [-0.2, 0) is 10.5 Å². The molecule has 0 fully saturated rings. The van der Waals surface area contributed by atoms with E-state index in [1.807, 2.05) is 49.3 Å². The molecule has 0 radical (unpaired) electrons. The summed E-state index contributed by atoms with van der Waals surface area (Å²) in [6.07, 6.45) is 0.